The molecule has 0 amide bonds. The summed E-state index contributed by atoms with van der Waals surface area (Å²) in [5.74, 6) is -2.32. The summed E-state index contributed by atoms with van der Waals surface area (Å²) in [5.41, 5.74) is 0.551. The lowest BCUT2D eigenvalue weighted by atomic mass is 9.71. The SMILES string of the molecule is CC1=CCC2CC(CC3(O2)OC(C=CC(C)C)C(C)CC3O)OC(=O)C2C=C(C)C(O)C3OCC(=CC=CC(C)C1)C23O. The summed E-state index contributed by atoms with van der Waals surface area (Å²) in [5, 5.41) is 34.4. The molecule has 0 aromatic heterocycles. The summed E-state index contributed by atoms with van der Waals surface area (Å²) in [7, 11) is 0. The maximum absolute atomic E-state index is 14.0. The molecule has 8 heteroatoms. The predicted molar refractivity (Wildman–Crippen MR) is 163 cm³/mol. The molecule has 8 nitrogen and oxygen atoms in total. The molecule has 5 aliphatic rings. The zero-order chi connectivity index (χ0) is 31.1. The quantitative estimate of drug-likeness (QED) is 0.310. The molecule has 1 aliphatic carbocycles. The molecule has 3 fully saturated rings. The molecule has 11 unspecified atom stereocenters. The number of fused-ring (bicyclic) bond motifs is 2. The van der Waals surface area contributed by atoms with E-state index >= 15 is 0 Å². The Kier molecular flexibility index (Phi) is 9.58. The smallest absolute Gasteiger partial charge is 0.316 e. The molecule has 0 radical (unpaired) electrons. The standard InChI is InChI=1S/C35H50O8/c1-20(2)10-13-29-23(5)16-30(36)34(43-29)18-27-17-26(42-34)12-11-22(4)14-21(3)8-7-9-25-19-40-32-31(37)24(6)15-28(33(38)41-27)35(25,32)39/h7-11,13,15,20-21,23,26-32,36-37,39H,12,14,16-19H2,1-6H3. The first-order valence-corrected chi connectivity index (χ1v) is 16.0. The number of hydrogen-bond acceptors (Lipinski definition) is 8. The minimum atomic E-state index is -1.75. The van der Waals surface area contributed by atoms with Crippen LogP contribution in [-0.4, -0.2) is 75.9 Å². The molecular formula is C35H50O8. The van der Waals surface area contributed by atoms with Crippen LogP contribution in [0.4, 0.5) is 0 Å². The Balaban J connectivity index is 1.52. The fourth-order valence-corrected chi connectivity index (χ4v) is 7.31. The highest BCUT2D eigenvalue weighted by atomic mass is 16.7. The second-order valence-electron chi connectivity index (χ2n) is 13.9. The number of rotatable bonds is 2. The Morgan fingerprint density at radius 1 is 1.09 bits per heavy atom. The molecule has 238 valence electrons. The first-order chi connectivity index (χ1) is 20.3. The Bertz CT molecular complexity index is 1200. The number of ether oxygens (including phenoxy) is 4. The van der Waals surface area contributed by atoms with Crippen molar-refractivity contribution in [1.82, 2.24) is 0 Å². The van der Waals surface area contributed by atoms with Gasteiger partial charge in [0.1, 0.15) is 35.9 Å². The van der Waals surface area contributed by atoms with E-state index in [2.05, 4.69) is 58.9 Å². The molecule has 2 bridgehead atoms. The van der Waals surface area contributed by atoms with Gasteiger partial charge in [-0.3, -0.25) is 4.79 Å². The van der Waals surface area contributed by atoms with Crippen molar-refractivity contribution >= 4 is 5.97 Å². The van der Waals surface area contributed by atoms with Crippen LogP contribution in [0.2, 0.25) is 0 Å². The Morgan fingerprint density at radius 3 is 2.60 bits per heavy atom. The molecule has 0 aromatic rings. The number of aliphatic hydroxyl groups is 3. The molecule has 4 heterocycles. The van der Waals surface area contributed by atoms with E-state index in [9.17, 15) is 20.1 Å². The second kappa shape index (κ2) is 12.7. The van der Waals surface area contributed by atoms with Gasteiger partial charge in [-0.05, 0) is 62.0 Å². The van der Waals surface area contributed by atoms with Gasteiger partial charge >= 0.3 is 5.97 Å². The summed E-state index contributed by atoms with van der Waals surface area (Å²) >= 11 is 0. The minimum absolute atomic E-state index is 0.0864. The van der Waals surface area contributed by atoms with Gasteiger partial charge in [0.2, 0.25) is 0 Å². The number of carbonyl (C=O) groups excluding carboxylic acids is 1. The van der Waals surface area contributed by atoms with E-state index in [1.54, 1.807) is 19.1 Å². The maximum Gasteiger partial charge on any atom is 0.316 e. The third-order valence-electron chi connectivity index (χ3n) is 9.76. The van der Waals surface area contributed by atoms with Crippen LogP contribution in [0.5, 0.6) is 0 Å². The average molecular weight is 599 g/mol. The highest BCUT2D eigenvalue weighted by Crippen LogP contribution is 2.47. The van der Waals surface area contributed by atoms with Crippen LogP contribution in [0.3, 0.4) is 0 Å². The molecule has 11 atom stereocenters. The average Bonchev–Trinajstić information content (AvgIpc) is 3.27. The lowest BCUT2D eigenvalue weighted by Gasteiger charge is -2.51. The van der Waals surface area contributed by atoms with E-state index in [1.807, 2.05) is 6.08 Å². The lowest BCUT2D eigenvalue weighted by molar-refractivity contribution is -0.362. The van der Waals surface area contributed by atoms with Crippen molar-refractivity contribution in [2.45, 2.75) is 122 Å². The van der Waals surface area contributed by atoms with Gasteiger partial charge in [0, 0.05) is 12.8 Å². The number of esters is 1. The zero-order valence-electron chi connectivity index (χ0n) is 26.4. The van der Waals surface area contributed by atoms with Gasteiger partial charge < -0.3 is 34.3 Å². The third kappa shape index (κ3) is 6.51. The lowest BCUT2D eigenvalue weighted by Crippen LogP contribution is -2.61. The molecule has 1 spiro atoms. The summed E-state index contributed by atoms with van der Waals surface area (Å²) in [4.78, 5) is 14.0. The van der Waals surface area contributed by atoms with E-state index in [0.29, 0.717) is 36.3 Å². The van der Waals surface area contributed by atoms with Crippen LogP contribution in [0, 0.1) is 23.7 Å². The van der Waals surface area contributed by atoms with Crippen LogP contribution in [0.25, 0.3) is 0 Å². The van der Waals surface area contributed by atoms with Crippen LogP contribution in [0.1, 0.15) is 73.6 Å². The van der Waals surface area contributed by atoms with Crippen molar-refractivity contribution in [3.05, 3.63) is 59.3 Å². The minimum Gasteiger partial charge on any atom is -0.462 e. The van der Waals surface area contributed by atoms with Gasteiger partial charge in [0.25, 0.3) is 0 Å². The Labute approximate surface area is 256 Å². The molecule has 4 aliphatic heterocycles. The van der Waals surface area contributed by atoms with Crippen molar-refractivity contribution in [2.75, 3.05) is 6.61 Å². The third-order valence-corrected chi connectivity index (χ3v) is 9.76. The van der Waals surface area contributed by atoms with Crippen LogP contribution in [0.15, 0.2) is 59.3 Å². The normalized spacial score (nSPS) is 44.2. The molecule has 43 heavy (non-hydrogen) atoms. The fourth-order valence-electron chi connectivity index (χ4n) is 7.31. The van der Waals surface area contributed by atoms with E-state index < -0.39 is 47.7 Å². The molecule has 3 saturated heterocycles. The Hall–Kier alpha value is -2.07. The zero-order valence-corrected chi connectivity index (χ0v) is 26.4. The van der Waals surface area contributed by atoms with Gasteiger partial charge in [0.05, 0.1) is 18.8 Å². The van der Waals surface area contributed by atoms with Crippen molar-refractivity contribution in [1.29, 1.82) is 0 Å². The summed E-state index contributed by atoms with van der Waals surface area (Å²) < 4.78 is 25.3. The molecule has 0 aromatic carbocycles. The summed E-state index contributed by atoms with van der Waals surface area (Å²) in [6.07, 6.45) is 12.1. The van der Waals surface area contributed by atoms with Crippen LogP contribution < -0.4 is 0 Å². The molecule has 3 N–H and O–H groups in total. The number of aliphatic hydroxyl groups excluding tert-OH is 2. The van der Waals surface area contributed by atoms with Crippen molar-refractivity contribution in [3.63, 3.8) is 0 Å². The maximum atomic E-state index is 14.0. The van der Waals surface area contributed by atoms with Gasteiger partial charge in [-0.2, -0.15) is 0 Å². The second-order valence-corrected chi connectivity index (χ2v) is 13.9. The number of allylic oxidation sites excluding steroid dienone is 5. The van der Waals surface area contributed by atoms with E-state index in [4.69, 9.17) is 18.9 Å². The van der Waals surface area contributed by atoms with Crippen molar-refractivity contribution in [2.24, 2.45) is 23.7 Å². The van der Waals surface area contributed by atoms with E-state index in [-0.39, 0.29) is 37.1 Å². The van der Waals surface area contributed by atoms with Crippen LogP contribution >= 0.6 is 0 Å². The van der Waals surface area contributed by atoms with Gasteiger partial charge in [-0.25, -0.2) is 0 Å². The van der Waals surface area contributed by atoms with Crippen LogP contribution in [-0.2, 0) is 23.7 Å². The monoisotopic (exact) mass is 598 g/mol. The summed E-state index contributed by atoms with van der Waals surface area (Å²) in [6, 6.07) is 0. The fraction of sp³-hybridized carbons (Fsp3) is 0.686. The highest BCUT2D eigenvalue weighted by molar-refractivity contribution is 5.78. The van der Waals surface area contributed by atoms with Gasteiger partial charge in [0.15, 0.2) is 5.79 Å². The van der Waals surface area contributed by atoms with Crippen molar-refractivity contribution in [3.8, 4) is 0 Å². The summed E-state index contributed by atoms with van der Waals surface area (Å²) in [6.45, 7) is 12.3. The number of carbonyl (C=O) groups is 1. The Morgan fingerprint density at radius 2 is 1.86 bits per heavy atom. The molecular weight excluding hydrogens is 548 g/mol. The highest BCUT2D eigenvalue weighted by Gasteiger charge is 2.60. The molecule has 5 rings (SSSR count). The number of hydrogen-bond donors (Lipinski definition) is 3. The molecule has 0 saturated carbocycles. The predicted octanol–water partition coefficient (Wildman–Crippen LogP) is 4.70. The van der Waals surface area contributed by atoms with Gasteiger partial charge in [-0.1, -0.05) is 75.8 Å². The first kappa shape index (κ1) is 32.3. The van der Waals surface area contributed by atoms with E-state index in [1.165, 1.54) is 5.57 Å². The van der Waals surface area contributed by atoms with Crippen molar-refractivity contribution < 1.29 is 39.1 Å². The van der Waals surface area contributed by atoms with Gasteiger partial charge in [-0.15, -0.1) is 0 Å². The largest absolute Gasteiger partial charge is 0.462 e. The topological polar surface area (TPSA) is 115 Å². The first-order valence-electron chi connectivity index (χ1n) is 16.0. The van der Waals surface area contributed by atoms with E-state index in [0.717, 1.165) is 6.42 Å².